The highest BCUT2D eigenvalue weighted by atomic mass is 16.6. The summed E-state index contributed by atoms with van der Waals surface area (Å²) in [4.78, 5) is 35.2. The number of carbonyl (C=O) groups is 3. The first kappa shape index (κ1) is 23.4. The van der Waals surface area contributed by atoms with Crippen LogP contribution >= 0.6 is 0 Å². The summed E-state index contributed by atoms with van der Waals surface area (Å²) in [6.45, 7) is 4.06. The van der Waals surface area contributed by atoms with Crippen LogP contribution in [0.1, 0.15) is 76.8 Å². The van der Waals surface area contributed by atoms with Gasteiger partial charge in [0.2, 0.25) is 0 Å². The van der Waals surface area contributed by atoms with Crippen molar-refractivity contribution >= 4 is 17.9 Å². The van der Waals surface area contributed by atoms with E-state index in [2.05, 4.69) is 6.07 Å². The summed E-state index contributed by atoms with van der Waals surface area (Å²) in [5, 5.41) is 0. The zero-order valence-corrected chi connectivity index (χ0v) is 20.3. The van der Waals surface area contributed by atoms with Crippen molar-refractivity contribution in [2.75, 3.05) is 0 Å². The number of benzene rings is 2. The maximum absolute atomic E-state index is 12.0. The van der Waals surface area contributed by atoms with Crippen LogP contribution in [0.3, 0.4) is 0 Å². The molecule has 1 spiro atoms. The fourth-order valence-corrected chi connectivity index (χ4v) is 6.75. The second-order valence-electron chi connectivity index (χ2n) is 9.90. The van der Waals surface area contributed by atoms with Gasteiger partial charge in [-0.05, 0) is 50.3 Å². The van der Waals surface area contributed by atoms with Gasteiger partial charge >= 0.3 is 17.9 Å². The standard InChI is InChI=1S/C28H30O7/c1-17(29)32-20-9-11-23(24(15-20)34-19(3)31)28-14-6-7-26(28)27(12-4-5-13-27)22-10-8-21(33-18(2)30)16-25(22)35-28/h8-11,15-16,26H,4-7,12-14H2,1-3H3/t26-,28-/m1/s1. The van der Waals surface area contributed by atoms with E-state index < -0.39 is 17.5 Å². The highest BCUT2D eigenvalue weighted by Gasteiger charge is 2.61. The van der Waals surface area contributed by atoms with Gasteiger partial charge in [0.1, 0.15) is 28.6 Å². The van der Waals surface area contributed by atoms with E-state index in [1.807, 2.05) is 18.2 Å². The van der Waals surface area contributed by atoms with Crippen molar-refractivity contribution in [3.05, 3.63) is 47.5 Å². The maximum atomic E-state index is 12.0. The molecule has 2 aromatic carbocycles. The molecule has 2 saturated carbocycles. The van der Waals surface area contributed by atoms with Crippen LogP contribution in [0.25, 0.3) is 0 Å². The van der Waals surface area contributed by atoms with Crippen LogP contribution in [-0.2, 0) is 25.4 Å². The van der Waals surface area contributed by atoms with Gasteiger partial charge in [0.05, 0.1) is 0 Å². The van der Waals surface area contributed by atoms with Gasteiger partial charge in [-0.1, -0.05) is 18.9 Å². The lowest BCUT2D eigenvalue weighted by Crippen LogP contribution is -2.51. The number of hydrogen-bond donors (Lipinski definition) is 0. The van der Waals surface area contributed by atoms with Crippen molar-refractivity contribution in [3.63, 3.8) is 0 Å². The summed E-state index contributed by atoms with van der Waals surface area (Å²) in [6, 6.07) is 10.9. The van der Waals surface area contributed by atoms with Crippen LogP contribution in [0.2, 0.25) is 0 Å². The molecule has 0 amide bonds. The van der Waals surface area contributed by atoms with E-state index in [0.29, 0.717) is 23.0 Å². The third-order valence-corrected chi connectivity index (χ3v) is 7.73. The van der Waals surface area contributed by atoms with Crippen LogP contribution in [0.5, 0.6) is 23.0 Å². The number of ether oxygens (including phenoxy) is 4. The molecule has 35 heavy (non-hydrogen) atoms. The van der Waals surface area contributed by atoms with Crippen LogP contribution in [0, 0.1) is 5.92 Å². The van der Waals surface area contributed by atoms with Crippen molar-refractivity contribution in [2.45, 2.75) is 76.7 Å². The van der Waals surface area contributed by atoms with Crippen LogP contribution in [0.15, 0.2) is 36.4 Å². The van der Waals surface area contributed by atoms with Crippen LogP contribution in [0.4, 0.5) is 0 Å². The van der Waals surface area contributed by atoms with E-state index in [1.165, 1.54) is 26.3 Å². The molecule has 2 atom stereocenters. The average Bonchev–Trinajstić information content (AvgIpc) is 3.41. The van der Waals surface area contributed by atoms with Gasteiger partial charge in [0, 0.05) is 55.4 Å². The second kappa shape index (κ2) is 8.70. The van der Waals surface area contributed by atoms with Gasteiger partial charge in [-0.3, -0.25) is 14.4 Å². The summed E-state index contributed by atoms with van der Waals surface area (Å²) in [6.07, 6.45) is 7.12. The quantitative estimate of drug-likeness (QED) is 0.432. The molecule has 2 aliphatic carbocycles. The molecule has 1 aliphatic heterocycles. The Morgan fingerprint density at radius 1 is 0.771 bits per heavy atom. The lowest BCUT2D eigenvalue weighted by molar-refractivity contribution is -0.133. The summed E-state index contributed by atoms with van der Waals surface area (Å²) in [5.74, 6) is 0.711. The molecule has 0 saturated heterocycles. The van der Waals surface area contributed by atoms with Gasteiger partial charge in [0.15, 0.2) is 0 Å². The molecule has 0 radical (unpaired) electrons. The Kier molecular flexibility index (Phi) is 5.82. The number of rotatable bonds is 4. The molecule has 0 N–H and O–H groups in total. The van der Waals surface area contributed by atoms with Crippen LogP contribution < -0.4 is 18.9 Å². The number of fused-ring (bicyclic) bond motifs is 4. The molecule has 1 heterocycles. The Morgan fingerprint density at radius 2 is 1.37 bits per heavy atom. The Labute approximate surface area is 204 Å². The average molecular weight is 479 g/mol. The van der Waals surface area contributed by atoms with E-state index in [0.717, 1.165) is 50.5 Å². The van der Waals surface area contributed by atoms with E-state index in [4.69, 9.17) is 18.9 Å². The smallest absolute Gasteiger partial charge is 0.308 e. The van der Waals surface area contributed by atoms with Gasteiger partial charge in [0.25, 0.3) is 0 Å². The molecule has 2 aromatic rings. The van der Waals surface area contributed by atoms with Crippen molar-refractivity contribution in [1.29, 1.82) is 0 Å². The monoisotopic (exact) mass is 478 g/mol. The summed E-state index contributed by atoms with van der Waals surface area (Å²) < 4.78 is 23.2. The minimum atomic E-state index is -0.717. The highest BCUT2D eigenvalue weighted by Crippen LogP contribution is 2.65. The molecule has 0 unspecified atom stereocenters. The summed E-state index contributed by atoms with van der Waals surface area (Å²) >= 11 is 0. The molecule has 7 nitrogen and oxygen atoms in total. The van der Waals surface area contributed by atoms with Gasteiger partial charge in [-0.2, -0.15) is 0 Å². The molecular weight excluding hydrogens is 448 g/mol. The van der Waals surface area contributed by atoms with Crippen molar-refractivity contribution in [1.82, 2.24) is 0 Å². The zero-order valence-electron chi connectivity index (χ0n) is 20.3. The van der Waals surface area contributed by atoms with Gasteiger partial charge in [-0.15, -0.1) is 0 Å². The normalized spacial score (nSPS) is 23.7. The molecule has 5 rings (SSSR count). The lowest BCUT2D eigenvalue weighted by Gasteiger charge is -2.51. The van der Waals surface area contributed by atoms with E-state index >= 15 is 0 Å². The van der Waals surface area contributed by atoms with E-state index in [1.54, 1.807) is 12.1 Å². The van der Waals surface area contributed by atoms with Crippen molar-refractivity contribution in [3.8, 4) is 23.0 Å². The minimum absolute atomic E-state index is 0.0686. The summed E-state index contributed by atoms with van der Waals surface area (Å²) in [7, 11) is 0. The van der Waals surface area contributed by atoms with Crippen LogP contribution in [-0.4, -0.2) is 17.9 Å². The fraction of sp³-hybridized carbons (Fsp3) is 0.464. The first-order chi connectivity index (χ1) is 16.7. The Bertz CT molecular complexity index is 1190. The van der Waals surface area contributed by atoms with Crippen molar-refractivity contribution < 1.29 is 33.3 Å². The summed E-state index contributed by atoms with van der Waals surface area (Å²) in [5.41, 5.74) is 1.16. The lowest BCUT2D eigenvalue weighted by atomic mass is 9.60. The molecule has 3 aliphatic rings. The molecule has 0 aromatic heterocycles. The van der Waals surface area contributed by atoms with E-state index in [-0.39, 0.29) is 17.3 Å². The molecule has 184 valence electrons. The predicted octanol–water partition coefficient (Wildman–Crippen LogP) is 5.36. The van der Waals surface area contributed by atoms with E-state index in [9.17, 15) is 14.4 Å². The largest absolute Gasteiger partial charge is 0.482 e. The minimum Gasteiger partial charge on any atom is -0.482 e. The number of carbonyl (C=O) groups excluding carboxylic acids is 3. The topological polar surface area (TPSA) is 88.1 Å². The predicted molar refractivity (Wildman–Crippen MR) is 127 cm³/mol. The molecular formula is C28H30O7. The van der Waals surface area contributed by atoms with Crippen molar-refractivity contribution in [2.24, 2.45) is 5.92 Å². The zero-order chi connectivity index (χ0) is 24.8. The second-order valence-corrected chi connectivity index (χ2v) is 9.90. The first-order valence-corrected chi connectivity index (χ1v) is 12.3. The molecule has 0 bridgehead atoms. The first-order valence-electron chi connectivity index (χ1n) is 12.3. The third-order valence-electron chi connectivity index (χ3n) is 7.73. The fourth-order valence-electron chi connectivity index (χ4n) is 6.75. The highest BCUT2D eigenvalue weighted by molar-refractivity contribution is 5.72. The Hall–Kier alpha value is -3.35. The SMILES string of the molecule is CC(=O)Oc1ccc2c(c1)O[C@@]1(c3ccc(OC(C)=O)cc3OC(C)=O)CCC[C@@H]1C21CCCC1. The number of esters is 3. The molecule has 2 fully saturated rings. The third kappa shape index (κ3) is 3.97. The maximum Gasteiger partial charge on any atom is 0.308 e. The van der Waals surface area contributed by atoms with Gasteiger partial charge in [-0.25, -0.2) is 0 Å². The number of hydrogen-bond acceptors (Lipinski definition) is 7. The molecule has 7 heteroatoms. The van der Waals surface area contributed by atoms with Gasteiger partial charge < -0.3 is 18.9 Å². The Balaban J connectivity index is 1.68. The Morgan fingerprint density at radius 3 is 2.00 bits per heavy atom.